The molecule has 1 heterocycles. The number of phenols is 2. The van der Waals surface area contributed by atoms with E-state index in [0.29, 0.717) is 11.1 Å². The van der Waals surface area contributed by atoms with Crippen LogP contribution in [-0.2, 0) is 4.74 Å². The molecule has 0 fully saturated rings. The Labute approximate surface area is 109 Å². The number of fused-ring (bicyclic) bond motifs is 1. The van der Waals surface area contributed by atoms with Gasteiger partial charge in [-0.2, -0.15) is 0 Å². The van der Waals surface area contributed by atoms with Gasteiger partial charge in [-0.15, -0.1) is 0 Å². The molecule has 3 atom stereocenters. The molecule has 0 amide bonds. The molecule has 0 bridgehead atoms. The Balaban J connectivity index is 2.83. The van der Waals surface area contributed by atoms with Gasteiger partial charge in [0, 0.05) is 5.92 Å². The van der Waals surface area contributed by atoms with Gasteiger partial charge in [-0.1, -0.05) is 6.92 Å². The monoisotopic (exact) mass is 268 g/mol. The summed E-state index contributed by atoms with van der Waals surface area (Å²) in [7, 11) is 0. The number of benzene rings is 1. The Bertz CT molecular complexity index is 551. The number of aromatic hydroxyl groups is 2. The van der Waals surface area contributed by atoms with Crippen LogP contribution < -0.4 is 0 Å². The normalized spacial score (nSPS) is 26.0. The van der Waals surface area contributed by atoms with Gasteiger partial charge in [0.05, 0.1) is 11.7 Å². The van der Waals surface area contributed by atoms with Crippen molar-refractivity contribution >= 4 is 5.97 Å². The smallest absolute Gasteiger partial charge is 0.343 e. The molecule has 2 rings (SSSR count). The first-order valence-electron chi connectivity index (χ1n) is 5.92. The lowest BCUT2D eigenvalue weighted by Gasteiger charge is -2.34. The lowest BCUT2D eigenvalue weighted by Crippen LogP contribution is -2.28. The van der Waals surface area contributed by atoms with Crippen molar-refractivity contribution < 1.29 is 30.0 Å². The van der Waals surface area contributed by atoms with Gasteiger partial charge >= 0.3 is 5.97 Å². The van der Waals surface area contributed by atoms with Crippen LogP contribution in [0.25, 0.3) is 0 Å². The summed E-state index contributed by atoms with van der Waals surface area (Å²) in [6.45, 7) is 5.14. The van der Waals surface area contributed by atoms with Crippen molar-refractivity contribution in [3.05, 3.63) is 22.3 Å². The van der Waals surface area contributed by atoms with E-state index in [-0.39, 0.29) is 17.6 Å². The molecule has 104 valence electrons. The van der Waals surface area contributed by atoms with Gasteiger partial charge in [-0.05, 0) is 25.0 Å². The second kappa shape index (κ2) is 4.40. The Morgan fingerprint density at radius 1 is 1.16 bits per heavy atom. The molecule has 0 unspecified atom stereocenters. The van der Waals surface area contributed by atoms with Crippen LogP contribution in [0.2, 0.25) is 0 Å². The van der Waals surface area contributed by atoms with Crippen molar-refractivity contribution in [1.29, 1.82) is 0 Å². The van der Waals surface area contributed by atoms with Gasteiger partial charge in [0.2, 0.25) is 0 Å². The minimum absolute atomic E-state index is 0.0262. The Morgan fingerprint density at radius 3 is 2.26 bits per heavy atom. The molecule has 4 N–H and O–H groups in total. The highest BCUT2D eigenvalue weighted by Gasteiger charge is 2.37. The standard InChI is InChI=1S/C13H16O6/c1-4-6(3)19-13(18)8-7(4)5(2)10(14)9(11(8)15)12(16)17/h4,6,13-15,18H,1-3H3,(H,16,17)/t4-,6-,13-/m1/s1. The molecule has 0 aliphatic carbocycles. The molecular weight excluding hydrogens is 252 g/mol. The second-order valence-corrected chi connectivity index (χ2v) is 4.81. The summed E-state index contributed by atoms with van der Waals surface area (Å²) in [6, 6.07) is 0. The maximum absolute atomic E-state index is 11.1. The highest BCUT2D eigenvalue weighted by atomic mass is 16.6. The third kappa shape index (κ3) is 1.84. The van der Waals surface area contributed by atoms with E-state index in [1.165, 1.54) is 0 Å². The van der Waals surface area contributed by atoms with Crippen LogP contribution in [0.4, 0.5) is 0 Å². The molecule has 6 nitrogen and oxygen atoms in total. The van der Waals surface area contributed by atoms with Gasteiger partial charge in [0.25, 0.3) is 0 Å². The van der Waals surface area contributed by atoms with Gasteiger partial charge in [0.1, 0.15) is 17.1 Å². The van der Waals surface area contributed by atoms with Gasteiger partial charge in [0.15, 0.2) is 6.29 Å². The molecule has 6 heteroatoms. The zero-order valence-electron chi connectivity index (χ0n) is 10.8. The number of aliphatic hydroxyl groups excluding tert-OH is 1. The zero-order valence-corrected chi connectivity index (χ0v) is 10.8. The number of hydrogen-bond acceptors (Lipinski definition) is 5. The number of carbonyl (C=O) groups is 1. The Hall–Kier alpha value is -1.79. The average Bonchev–Trinajstić information content (AvgIpc) is 2.30. The molecule has 19 heavy (non-hydrogen) atoms. The fourth-order valence-electron chi connectivity index (χ4n) is 2.55. The number of ether oxygens (including phenoxy) is 1. The number of rotatable bonds is 1. The molecule has 0 spiro atoms. The molecular formula is C13H16O6. The van der Waals surface area contributed by atoms with E-state index in [2.05, 4.69) is 0 Å². The predicted octanol–water partition coefficient (Wildman–Crippen LogP) is 1.62. The summed E-state index contributed by atoms with van der Waals surface area (Å²) >= 11 is 0. The predicted molar refractivity (Wildman–Crippen MR) is 65.4 cm³/mol. The maximum Gasteiger partial charge on any atom is 0.343 e. The van der Waals surface area contributed by atoms with E-state index in [1.54, 1.807) is 13.8 Å². The molecule has 0 saturated carbocycles. The highest BCUT2D eigenvalue weighted by Crippen LogP contribution is 2.47. The first-order chi connectivity index (χ1) is 8.77. The van der Waals surface area contributed by atoms with Crippen LogP contribution in [-0.4, -0.2) is 32.5 Å². The van der Waals surface area contributed by atoms with Crippen LogP contribution in [0.5, 0.6) is 11.5 Å². The van der Waals surface area contributed by atoms with Crippen molar-refractivity contribution in [3.63, 3.8) is 0 Å². The number of aromatic carboxylic acids is 1. The molecule has 1 aromatic rings. The second-order valence-electron chi connectivity index (χ2n) is 4.81. The summed E-state index contributed by atoms with van der Waals surface area (Å²) in [6.07, 6.45) is -1.71. The lowest BCUT2D eigenvalue weighted by atomic mass is 9.83. The van der Waals surface area contributed by atoms with Crippen molar-refractivity contribution in [1.82, 2.24) is 0 Å². The van der Waals surface area contributed by atoms with Crippen molar-refractivity contribution in [3.8, 4) is 11.5 Å². The number of carboxylic acid groups (broad SMARTS) is 1. The summed E-state index contributed by atoms with van der Waals surface area (Å²) in [5.74, 6) is -2.76. The lowest BCUT2D eigenvalue weighted by molar-refractivity contribution is -0.151. The third-order valence-electron chi connectivity index (χ3n) is 3.74. The van der Waals surface area contributed by atoms with E-state index in [0.717, 1.165) is 0 Å². The summed E-state index contributed by atoms with van der Waals surface area (Å²) in [5.41, 5.74) is 0.289. The van der Waals surface area contributed by atoms with E-state index in [4.69, 9.17) is 9.84 Å². The van der Waals surface area contributed by atoms with Crippen LogP contribution in [0, 0.1) is 6.92 Å². The van der Waals surface area contributed by atoms with Gasteiger partial charge < -0.3 is 25.2 Å². The number of hydrogen-bond donors (Lipinski definition) is 4. The van der Waals surface area contributed by atoms with E-state index in [1.807, 2.05) is 6.92 Å². The molecule has 0 aromatic heterocycles. The fourth-order valence-corrected chi connectivity index (χ4v) is 2.55. The van der Waals surface area contributed by atoms with Crippen LogP contribution >= 0.6 is 0 Å². The van der Waals surface area contributed by atoms with Crippen molar-refractivity contribution in [2.24, 2.45) is 0 Å². The Morgan fingerprint density at radius 2 is 1.74 bits per heavy atom. The maximum atomic E-state index is 11.1. The van der Waals surface area contributed by atoms with E-state index < -0.39 is 29.3 Å². The fraction of sp³-hybridized carbons (Fsp3) is 0.462. The summed E-state index contributed by atoms with van der Waals surface area (Å²) < 4.78 is 5.26. The van der Waals surface area contributed by atoms with Crippen LogP contribution in [0.3, 0.4) is 0 Å². The Kier molecular flexibility index (Phi) is 3.15. The zero-order chi connectivity index (χ0) is 14.5. The summed E-state index contributed by atoms with van der Waals surface area (Å²) in [4.78, 5) is 11.1. The van der Waals surface area contributed by atoms with E-state index >= 15 is 0 Å². The number of carboxylic acids is 1. The molecule has 1 aromatic carbocycles. The topological polar surface area (TPSA) is 107 Å². The number of aliphatic hydroxyl groups is 1. The third-order valence-corrected chi connectivity index (χ3v) is 3.74. The van der Waals surface area contributed by atoms with Crippen LogP contribution in [0.15, 0.2) is 0 Å². The SMILES string of the molecule is Cc1c(O)c(C(=O)O)c(O)c2c1[C@H](C)[C@@H](C)O[C@H]2O. The van der Waals surface area contributed by atoms with Gasteiger partial charge in [-0.3, -0.25) is 0 Å². The minimum atomic E-state index is -1.46. The average molecular weight is 268 g/mol. The molecule has 0 saturated heterocycles. The highest BCUT2D eigenvalue weighted by molar-refractivity contribution is 5.95. The summed E-state index contributed by atoms with van der Waals surface area (Å²) in [5, 5.41) is 38.9. The van der Waals surface area contributed by atoms with E-state index in [9.17, 15) is 20.1 Å². The van der Waals surface area contributed by atoms with Crippen LogP contribution in [0.1, 0.15) is 53.1 Å². The minimum Gasteiger partial charge on any atom is -0.507 e. The van der Waals surface area contributed by atoms with Crippen molar-refractivity contribution in [2.45, 2.75) is 39.1 Å². The van der Waals surface area contributed by atoms with Gasteiger partial charge in [-0.25, -0.2) is 4.79 Å². The first-order valence-corrected chi connectivity index (χ1v) is 5.92. The van der Waals surface area contributed by atoms with Crippen molar-refractivity contribution in [2.75, 3.05) is 0 Å². The quantitative estimate of drug-likeness (QED) is 0.616. The molecule has 1 aliphatic heterocycles. The molecule has 1 aliphatic rings. The molecule has 0 radical (unpaired) electrons. The first kappa shape index (κ1) is 13.6. The largest absolute Gasteiger partial charge is 0.507 e.